The molecule has 2 heterocycles. The van der Waals surface area contributed by atoms with Gasteiger partial charge in [0.05, 0.1) is 16.5 Å². The fourth-order valence-electron chi connectivity index (χ4n) is 3.84. The van der Waals surface area contributed by atoms with Gasteiger partial charge in [-0.05, 0) is 47.2 Å². The number of nitrogens with one attached hydrogen (secondary N) is 1. The van der Waals surface area contributed by atoms with E-state index in [1.165, 1.54) is 6.08 Å². The summed E-state index contributed by atoms with van der Waals surface area (Å²) in [4.78, 5) is 29.9. The van der Waals surface area contributed by atoms with E-state index in [0.717, 1.165) is 16.7 Å². The number of carbonyl (C=O) groups excluding carboxylic acids is 2. The van der Waals surface area contributed by atoms with Gasteiger partial charge in [-0.15, -0.1) is 0 Å². The Kier molecular flexibility index (Phi) is 5.90. The highest BCUT2D eigenvalue weighted by Crippen LogP contribution is 2.36. The van der Waals surface area contributed by atoms with E-state index < -0.39 is 0 Å². The summed E-state index contributed by atoms with van der Waals surface area (Å²) in [6.07, 6.45) is 5.76. The Morgan fingerprint density at radius 1 is 1.18 bits per heavy atom. The quantitative estimate of drug-likeness (QED) is 0.482. The number of Topliss-reactive ketones (excluding diaryl/α,β-unsaturated/α-hetero) is 1. The normalized spacial score (nSPS) is 13.8. The molecule has 0 spiro atoms. The van der Waals surface area contributed by atoms with Crippen LogP contribution in [-0.2, 0) is 0 Å². The number of aromatic nitrogens is 1. The minimum absolute atomic E-state index is 0.00388. The average molecular weight is 445 g/mol. The SMILES string of the molecule is CNC(=O)c1c(C2=CC=C(F)CC2)oc2ncc(-c3cc#cc(C(=O)CC(C)(C)C)c3)cc12. The van der Waals surface area contributed by atoms with E-state index >= 15 is 0 Å². The highest BCUT2D eigenvalue weighted by Gasteiger charge is 2.25. The number of rotatable bonds is 5. The lowest BCUT2D eigenvalue weighted by Crippen LogP contribution is -2.18. The van der Waals surface area contributed by atoms with Gasteiger partial charge < -0.3 is 9.73 Å². The second kappa shape index (κ2) is 8.67. The molecule has 33 heavy (non-hydrogen) atoms. The molecule has 2 aromatic heterocycles. The lowest BCUT2D eigenvalue weighted by atomic mass is 9.88. The Morgan fingerprint density at radius 2 is 1.97 bits per heavy atom. The second-order valence-corrected chi connectivity index (χ2v) is 9.36. The molecule has 0 saturated carbocycles. The smallest absolute Gasteiger partial charge is 0.255 e. The predicted molar refractivity (Wildman–Crippen MR) is 125 cm³/mol. The number of ketones is 1. The van der Waals surface area contributed by atoms with Gasteiger partial charge in [-0.1, -0.05) is 39.0 Å². The number of allylic oxidation sites excluding steroid dienone is 4. The Labute approximate surface area is 192 Å². The first kappa shape index (κ1) is 22.5. The van der Waals surface area contributed by atoms with Crippen molar-refractivity contribution in [1.29, 1.82) is 0 Å². The van der Waals surface area contributed by atoms with Crippen LogP contribution < -0.4 is 5.32 Å². The number of carbonyl (C=O) groups is 2. The Hall–Kier alpha value is -3.72. The van der Waals surface area contributed by atoms with E-state index in [-0.39, 0.29) is 29.4 Å². The van der Waals surface area contributed by atoms with Gasteiger partial charge in [0, 0.05) is 31.6 Å². The predicted octanol–water partition coefficient (Wildman–Crippen LogP) is 6.10. The zero-order valence-electron chi connectivity index (χ0n) is 19.1. The molecule has 0 unspecified atom stereocenters. The van der Waals surface area contributed by atoms with Crippen LogP contribution in [0.1, 0.15) is 66.5 Å². The third kappa shape index (κ3) is 4.73. The van der Waals surface area contributed by atoms with Crippen molar-refractivity contribution in [3.05, 3.63) is 71.4 Å². The minimum Gasteiger partial charge on any atom is -0.437 e. The molecule has 1 N–H and O–H groups in total. The molecule has 1 aromatic carbocycles. The standard InChI is InChI=1S/C27H25FN2O3/c1-27(2,3)14-22(31)18-7-5-6-17(12-18)19-13-21-23(25(32)29-4)24(33-26(21)30-15-19)16-8-10-20(28)11-9-16/h6,8,10,12-13,15H,9,11,14H2,1-4H3,(H,29,32). The van der Waals surface area contributed by atoms with E-state index in [0.29, 0.717) is 40.8 Å². The highest BCUT2D eigenvalue weighted by atomic mass is 19.1. The number of pyridine rings is 1. The maximum absolute atomic E-state index is 13.5. The lowest BCUT2D eigenvalue weighted by molar-refractivity contribution is 0.0937. The molecule has 1 aliphatic carbocycles. The maximum atomic E-state index is 13.5. The maximum Gasteiger partial charge on any atom is 0.255 e. The van der Waals surface area contributed by atoms with Crippen LogP contribution in [0.4, 0.5) is 4.39 Å². The molecule has 0 radical (unpaired) electrons. The van der Waals surface area contributed by atoms with Crippen LogP contribution in [0, 0.1) is 17.5 Å². The van der Waals surface area contributed by atoms with E-state index in [4.69, 9.17) is 4.42 Å². The van der Waals surface area contributed by atoms with Crippen molar-refractivity contribution in [1.82, 2.24) is 10.3 Å². The monoisotopic (exact) mass is 444 g/mol. The fraction of sp³-hybridized carbons (Fsp3) is 0.296. The molecule has 0 fully saturated rings. The van der Waals surface area contributed by atoms with Crippen molar-refractivity contribution in [2.45, 2.75) is 40.0 Å². The number of furan rings is 1. The Balaban J connectivity index is 1.80. The van der Waals surface area contributed by atoms with E-state index in [1.807, 2.05) is 26.8 Å². The summed E-state index contributed by atoms with van der Waals surface area (Å²) in [7, 11) is 1.55. The van der Waals surface area contributed by atoms with Crippen LogP contribution in [0.15, 0.2) is 46.8 Å². The third-order valence-electron chi connectivity index (χ3n) is 5.45. The summed E-state index contributed by atoms with van der Waals surface area (Å²) in [5.74, 6) is -0.124. The number of hydrogen-bond acceptors (Lipinski definition) is 4. The van der Waals surface area contributed by atoms with Gasteiger partial charge in [0.2, 0.25) is 5.71 Å². The van der Waals surface area contributed by atoms with Crippen molar-refractivity contribution in [2.24, 2.45) is 5.41 Å². The molecular formula is C27H25FN2O3. The zero-order chi connectivity index (χ0) is 23.8. The van der Waals surface area contributed by atoms with Crippen molar-refractivity contribution in [2.75, 3.05) is 7.05 Å². The first-order chi connectivity index (χ1) is 15.7. The first-order valence-corrected chi connectivity index (χ1v) is 10.8. The summed E-state index contributed by atoms with van der Waals surface area (Å²) >= 11 is 0. The second-order valence-electron chi connectivity index (χ2n) is 9.36. The van der Waals surface area contributed by atoms with Crippen molar-refractivity contribution < 1.29 is 18.4 Å². The third-order valence-corrected chi connectivity index (χ3v) is 5.45. The van der Waals surface area contributed by atoms with Gasteiger partial charge in [-0.25, -0.2) is 9.37 Å². The van der Waals surface area contributed by atoms with E-state index in [1.54, 1.807) is 31.5 Å². The van der Waals surface area contributed by atoms with Crippen molar-refractivity contribution in [3.8, 4) is 11.1 Å². The molecule has 0 bridgehead atoms. The topological polar surface area (TPSA) is 72.2 Å². The zero-order valence-corrected chi connectivity index (χ0v) is 19.1. The number of fused-ring (bicyclic) bond motifs is 1. The van der Waals surface area contributed by atoms with Crippen molar-refractivity contribution >= 4 is 28.4 Å². The van der Waals surface area contributed by atoms with Crippen LogP contribution in [0.3, 0.4) is 0 Å². The molecule has 0 aliphatic heterocycles. The Bertz CT molecular complexity index is 1310. The molecule has 168 valence electrons. The fourth-order valence-corrected chi connectivity index (χ4v) is 3.84. The lowest BCUT2D eigenvalue weighted by Gasteiger charge is -2.16. The summed E-state index contributed by atoms with van der Waals surface area (Å²) < 4.78 is 19.4. The molecular weight excluding hydrogens is 419 g/mol. The molecule has 0 saturated heterocycles. The van der Waals surface area contributed by atoms with E-state index in [9.17, 15) is 14.0 Å². The van der Waals surface area contributed by atoms with E-state index in [2.05, 4.69) is 22.4 Å². The summed E-state index contributed by atoms with van der Waals surface area (Å²) in [6, 6.07) is 11.2. The molecule has 1 aliphatic rings. The largest absolute Gasteiger partial charge is 0.437 e. The first-order valence-electron chi connectivity index (χ1n) is 10.8. The molecule has 6 heteroatoms. The van der Waals surface area contributed by atoms with Crippen LogP contribution >= 0.6 is 0 Å². The molecule has 0 atom stereocenters. The average Bonchev–Trinajstić information content (AvgIpc) is 3.16. The molecule has 3 aromatic rings. The molecule has 4 rings (SSSR count). The number of halogens is 1. The summed E-state index contributed by atoms with van der Waals surface area (Å²) in [6.45, 7) is 6.04. The highest BCUT2D eigenvalue weighted by molar-refractivity contribution is 6.09. The van der Waals surface area contributed by atoms with Crippen molar-refractivity contribution in [3.63, 3.8) is 0 Å². The summed E-state index contributed by atoms with van der Waals surface area (Å²) in [5.41, 5.74) is 3.21. The summed E-state index contributed by atoms with van der Waals surface area (Å²) in [5, 5.41) is 3.20. The number of nitrogens with zero attached hydrogens (tertiary/aromatic N) is 1. The van der Waals surface area contributed by atoms with Crippen LogP contribution in [0.5, 0.6) is 0 Å². The molecule has 5 nitrogen and oxygen atoms in total. The van der Waals surface area contributed by atoms with Gasteiger partial charge in [0.15, 0.2) is 5.78 Å². The minimum atomic E-state index is -0.312. The molecule has 1 amide bonds. The van der Waals surface area contributed by atoms with Gasteiger partial charge in [0.25, 0.3) is 5.91 Å². The Morgan fingerprint density at radius 3 is 2.64 bits per heavy atom. The van der Waals surface area contributed by atoms with Crippen LogP contribution in [-0.4, -0.2) is 23.7 Å². The van der Waals surface area contributed by atoms with Gasteiger partial charge in [-0.3, -0.25) is 9.59 Å². The number of hydrogen-bond donors (Lipinski definition) is 1. The van der Waals surface area contributed by atoms with Gasteiger partial charge in [0.1, 0.15) is 11.6 Å². The van der Waals surface area contributed by atoms with Crippen LogP contribution in [0.25, 0.3) is 27.8 Å². The van der Waals surface area contributed by atoms with Gasteiger partial charge >= 0.3 is 0 Å². The van der Waals surface area contributed by atoms with Gasteiger partial charge in [-0.2, -0.15) is 0 Å². The van der Waals surface area contributed by atoms with Crippen LogP contribution in [0.2, 0.25) is 0 Å². The number of amides is 1.